The van der Waals surface area contributed by atoms with Gasteiger partial charge in [-0.25, -0.2) is 4.79 Å². The first-order valence-corrected chi connectivity index (χ1v) is 10.4. The lowest BCUT2D eigenvalue weighted by Gasteiger charge is -2.23. The van der Waals surface area contributed by atoms with Crippen LogP contribution in [0.4, 0.5) is 13.2 Å². The highest BCUT2D eigenvalue weighted by Crippen LogP contribution is 2.75. The van der Waals surface area contributed by atoms with Crippen LogP contribution in [0.2, 0.25) is 0 Å². The summed E-state index contributed by atoms with van der Waals surface area (Å²) in [6, 6.07) is 15.8. The number of carboxylic acids is 1. The van der Waals surface area contributed by atoms with Gasteiger partial charge in [0.1, 0.15) is 11.5 Å². The number of ether oxygens (including phenoxy) is 2. The summed E-state index contributed by atoms with van der Waals surface area (Å²) in [6.07, 6.45) is 3.24. The number of para-hydroxylation sites is 1. The summed E-state index contributed by atoms with van der Waals surface area (Å²) in [6.45, 7) is 1.65. The van der Waals surface area contributed by atoms with Crippen molar-refractivity contribution in [2.24, 2.45) is 16.7 Å². The number of carbonyl (C=O) groups is 2. The second-order valence-electron chi connectivity index (χ2n) is 8.54. The van der Waals surface area contributed by atoms with E-state index in [2.05, 4.69) is 10.7 Å². The van der Waals surface area contributed by atoms with Gasteiger partial charge in [-0.1, -0.05) is 56.2 Å². The quantitative estimate of drug-likeness (QED) is 0.308. The molecule has 5 nitrogen and oxygen atoms in total. The average Bonchev–Trinajstić information content (AvgIpc) is 3.27. The molecule has 1 fully saturated rings. The van der Waals surface area contributed by atoms with Crippen molar-refractivity contribution in [3.05, 3.63) is 72.3 Å². The van der Waals surface area contributed by atoms with Crippen LogP contribution in [0.25, 0.3) is 0 Å². The Balaban J connectivity index is 1.89. The monoisotopic (exact) mass is 472 g/mol. The standard InChI is InChI=1S/C26H23F3O5/c1-4-20(17-9-8-12-19(15-17)34-18-10-6-5-7-11-18)26(23(31)32)21(24(26,2)3)13-14-22(30)33-16-25(27,28)29/h1,5-15,20-21H,16H2,2-3H3,(H,31,32)/b14-13-/t20-,21-,26+/m0/s1. The van der Waals surface area contributed by atoms with Gasteiger partial charge >= 0.3 is 18.1 Å². The van der Waals surface area contributed by atoms with Crippen molar-refractivity contribution in [1.29, 1.82) is 0 Å². The Kier molecular flexibility index (Phi) is 6.78. The molecule has 8 heteroatoms. The maximum absolute atomic E-state index is 12.5. The van der Waals surface area contributed by atoms with Gasteiger partial charge in [0.05, 0.1) is 11.3 Å². The van der Waals surface area contributed by atoms with Gasteiger partial charge < -0.3 is 14.6 Å². The molecule has 0 saturated heterocycles. The van der Waals surface area contributed by atoms with E-state index in [4.69, 9.17) is 11.2 Å². The number of carboxylic acid groups (broad SMARTS) is 1. The van der Waals surface area contributed by atoms with Gasteiger partial charge in [-0.3, -0.25) is 4.79 Å². The van der Waals surface area contributed by atoms with Crippen molar-refractivity contribution in [1.82, 2.24) is 0 Å². The van der Waals surface area contributed by atoms with Crippen LogP contribution < -0.4 is 4.74 Å². The second kappa shape index (κ2) is 9.26. The van der Waals surface area contributed by atoms with E-state index in [1.165, 1.54) is 6.08 Å². The van der Waals surface area contributed by atoms with Crippen molar-refractivity contribution < 1.29 is 37.3 Å². The summed E-state index contributed by atoms with van der Waals surface area (Å²) >= 11 is 0. The van der Waals surface area contributed by atoms with E-state index in [0.717, 1.165) is 6.08 Å². The van der Waals surface area contributed by atoms with E-state index >= 15 is 0 Å². The lowest BCUT2D eigenvalue weighted by atomic mass is 9.78. The molecular formula is C26H23F3O5. The van der Waals surface area contributed by atoms with E-state index in [-0.39, 0.29) is 0 Å². The Labute approximate surface area is 195 Å². The van der Waals surface area contributed by atoms with E-state index in [1.54, 1.807) is 50.2 Å². The molecule has 34 heavy (non-hydrogen) atoms. The zero-order chi connectivity index (χ0) is 25.1. The average molecular weight is 472 g/mol. The Morgan fingerprint density at radius 2 is 1.79 bits per heavy atom. The van der Waals surface area contributed by atoms with E-state index < -0.39 is 47.4 Å². The molecule has 0 aliphatic heterocycles. The second-order valence-corrected chi connectivity index (χ2v) is 8.54. The van der Waals surface area contributed by atoms with Crippen LogP contribution in [0.15, 0.2) is 66.7 Å². The normalized spacial score (nSPS) is 21.9. The zero-order valence-corrected chi connectivity index (χ0v) is 18.5. The summed E-state index contributed by atoms with van der Waals surface area (Å²) in [5.74, 6) is -0.382. The molecule has 0 aromatic heterocycles. The molecule has 3 atom stereocenters. The van der Waals surface area contributed by atoms with Gasteiger partial charge in [-0.2, -0.15) is 13.2 Å². The maximum atomic E-state index is 12.5. The van der Waals surface area contributed by atoms with E-state index in [9.17, 15) is 27.9 Å². The number of benzene rings is 2. The number of rotatable bonds is 8. The van der Waals surface area contributed by atoms with Gasteiger partial charge in [0.2, 0.25) is 0 Å². The Morgan fingerprint density at radius 3 is 2.38 bits per heavy atom. The molecule has 0 bridgehead atoms. The Morgan fingerprint density at radius 1 is 1.15 bits per heavy atom. The zero-order valence-electron chi connectivity index (χ0n) is 18.5. The fourth-order valence-electron chi connectivity index (χ4n) is 4.56. The van der Waals surface area contributed by atoms with Gasteiger partial charge in [0, 0.05) is 12.0 Å². The van der Waals surface area contributed by atoms with Crippen molar-refractivity contribution in [2.45, 2.75) is 25.9 Å². The van der Waals surface area contributed by atoms with Crippen LogP contribution in [0, 0.1) is 29.1 Å². The fourth-order valence-corrected chi connectivity index (χ4v) is 4.56. The summed E-state index contributed by atoms with van der Waals surface area (Å²) < 4.78 is 46.8. The molecule has 0 spiro atoms. The molecule has 3 rings (SSSR count). The third-order valence-corrected chi connectivity index (χ3v) is 6.20. The highest BCUT2D eigenvalue weighted by Gasteiger charge is 2.78. The molecule has 2 aromatic rings. The Bertz CT molecular complexity index is 1130. The molecule has 0 radical (unpaired) electrons. The van der Waals surface area contributed by atoms with E-state index in [0.29, 0.717) is 17.1 Å². The van der Waals surface area contributed by atoms with Gasteiger partial charge in [0.15, 0.2) is 6.61 Å². The van der Waals surface area contributed by atoms with Crippen LogP contribution in [0.3, 0.4) is 0 Å². The lowest BCUT2D eigenvalue weighted by molar-refractivity contribution is -0.182. The highest BCUT2D eigenvalue weighted by molar-refractivity contribution is 5.86. The topological polar surface area (TPSA) is 72.8 Å². The predicted molar refractivity (Wildman–Crippen MR) is 118 cm³/mol. The molecular weight excluding hydrogens is 449 g/mol. The molecule has 2 aromatic carbocycles. The number of esters is 1. The molecule has 178 valence electrons. The molecule has 1 saturated carbocycles. The van der Waals surface area contributed by atoms with Crippen LogP contribution in [0.5, 0.6) is 11.5 Å². The number of halogens is 3. The van der Waals surface area contributed by atoms with E-state index in [1.807, 2.05) is 18.2 Å². The largest absolute Gasteiger partial charge is 0.481 e. The molecule has 0 amide bonds. The number of allylic oxidation sites excluding steroid dienone is 1. The van der Waals surface area contributed by atoms with Crippen LogP contribution in [-0.4, -0.2) is 29.8 Å². The Hall–Kier alpha value is -3.73. The number of hydrogen-bond donors (Lipinski definition) is 1. The van der Waals surface area contributed by atoms with Gasteiger partial charge in [-0.05, 0) is 35.2 Å². The number of terminal acetylenes is 1. The van der Waals surface area contributed by atoms with Crippen molar-refractivity contribution >= 4 is 11.9 Å². The molecule has 1 aliphatic carbocycles. The molecule has 0 heterocycles. The minimum Gasteiger partial charge on any atom is -0.481 e. The van der Waals surface area contributed by atoms with Gasteiger partial charge in [0.25, 0.3) is 0 Å². The van der Waals surface area contributed by atoms with Crippen LogP contribution in [-0.2, 0) is 14.3 Å². The SMILES string of the molecule is C#C[C@@H](c1cccc(Oc2ccccc2)c1)[C@]1(C(=O)O)[C@@H](/C=C\C(=O)OCC(F)(F)F)C1(C)C. The third-order valence-electron chi connectivity index (χ3n) is 6.20. The number of alkyl halides is 3. The minimum atomic E-state index is -4.66. The lowest BCUT2D eigenvalue weighted by Crippen LogP contribution is -2.28. The summed E-state index contributed by atoms with van der Waals surface area (Å²) in [5, 5.41) is 10.2. The fraction of sp³-hybridized carbons (Fsp3) is 0.308. The third kappa shape index (κ3) is 4.79. The summed E-state index contributed by atoms with van der Waals surface area (Å²) in [5.41, 5.74) is -1.86. The number of hydrogen-bond acceptors (Lipinski definition) is 4. The van der Waals surface area contributed by atoms with Crippen LogP contribution in [0.1, 0.15) is 25.3 Å². The predicted octanol–water partition coefficient (Wildman–Crippen LogP) is 5.58. The smallest absolute Gasteiger partial charge is 0.422 e. The van der Waals surface area contributed by atoms with Gasteiger partial charge in [-0.15, -0.1) is 6.42 Å². The first-order chi connectivity index (χ1) is 15.9. The van der Waals surface area contributed by atoms with Crippen molar-refractivity contribution in [2.75, 3.05) is 6.61 Å². The van der Waals surface area contributed by atoms with Crippen molar-refractivity contribution in [3.63, 3.8) is 0 Å². The molecule has 1 aliphatic rings. The molecule has 1 N–H and O–H groups in total. The maximum Gasteiger partial charge on any atom is 0.422 e. The first kappa shape index (κ1) is 24.9. The van der Waals surface area contributed by atoms with Crippen LogP contribution >= 0.6 is 0 Å². The van der Waals surface area contributed by atoms with Crippen molar-refractivity contribution in [3.8, 4) is 23.8 Å². The molecule has 0 unspecified atom stereocenters. The number of aliphatic carboxylic acids is 1. The number of carbonyl (C=O) groups excluding carboxylic acids is 1. The highest BCUT2D eigenvalue weighted by atomic mass is 19.4. The first-order valence-electron chi connectivity index (χ1n) is 10.4. The summed E-state index contributed by atoms with van der Waals surface area (Å²) in [4.78, 5) is 24.3. The summed E-state index contributed by atoms with van der Waals surface area (Å²) in [7, 11) is 0. The minimum absolute atomic E-state index is 0.464.